The van der Waals surface area contributed by atoms with Crippen LogP contribution < -0.4 is 5.32 Å². The van der Waals surface area contributed by atoms with Gasteiger partial charge in [0, 0.05) is 6.54 Å². The third-order valence-electron chi connectivity index (χ3n) is 3.34. The Morgan fingerprint density at radius 1 is 1.32 bits per heavy atom. The Morgan fingerprint density at radius 2 is 2.00 bits per heavy atom. The summed E-state index contributed by atoms with van der Waals surface area (Å²) >= 11 is 0. The summed E-state index contributed by atoms with van der Waals surface area (Å²) in [5.74, 6) is 0. The number of nitrogens with zero attached hydrogens (tertiary/aromatic N) is 1. The molecule has 0 bridgehead atoms. The number of rotatable bonds is 5. The van der Waals surface area contributed by atoms with Gasteiger partial charge in [0.25, 0.3) is 0 Å². The fraction of sp³-hybridized carbons (Fsp3) is 0.533. The second kappa shape index (κ2) is 6.06. The zero-order valence-corrected chi connectivity index (χ0v) is 11.9. The normalized spacial score (nSPS) is 16.6. The molecule has 1 amide bonds. The van der Waals surface area contributed by atoms with Gasteiger partial charge < -0.3 is 15.0 Å². The molecule has 0 radical (unpaired) electrons. The van der Waals surface area contributed by atoms with E-state index in [1.165, 1.54) is 16.7 Å². The third-order valence-corrected chi connectivity index (χ3v) is 3.34. The van der Waals surface area contributed by atoms with Crippen molar-refractivity contribution in [3.8, 4) is 0 Å². The molecule has 1 atom stereocenters. The fourth-order valence-electron chi connectivity index (χ4n) is 2.56. The van der Waals surface area contributed by atoms with E-state index in [2.05, 4.69) is 44.3 Å². The van der Waals surface area contributed by atoms with Gasteiger partial charge in [0.05, 0.1) is 12.6 Å². The van der Waals surface area contributed by atoms with Crippen molar-refractivity contribution < 1.29 is 9.53 Å². The molecule has 4 heteroatoms. The number of carbonyl (C=O) groups excluding carboxylic acids is 1. The first-order valence-electron chi connectivity index (χ1n) is 6.83. The van der Waals surface area contributed by atoms with Crippen LogP contribution in [0.4, 0.5) is 4.79 Å². The number of benzene rings is 1. The number of likely N-dealkylation sites (N-methyl/N-ethyl adjacent to an activating group) is 1. The van der Waals surface area contributed by atoms with Crippen molar-refractivity contribution in [1.29, 1.82) is 0 Å². The number of ether oxygens (including phenoxy) is 1. The number of amides is 1. The van der Waals surface area contributed by atoms with E-state index in [4.69, 9.17) is 4.74 Å². The number of carbonyl (C=O) groups is 1. The Kier molecular flexibility index (Phi) is 4.43. The van der Waals surface area contributed by atoms with E-state index in [-0.39, 0.29) is 12.1 Å². The molecule has 1 unspecified atom stereocenters. The summed E-state index contributed by atoms with van der Waals surface area (Å²) in [6, 6.07) is 6.69. The first-order valence-corrected chi connectivity index (χ1v) is 6.83. The minimum Gasteiger partial charge on any atom is -0.448 e. The van der Waals surface area contributed by atoms with Gasteiger partial charge in [-0.3, -0.25) is 0 Å². The largest absolute Gasteiger partial charge is 0.448 e. The number of nitrogens with one attached hydrogen (secondary N) is 1. The lowest BCUT2D eigenvalue weighted by Gasteiger charge is -2.24. The minimum atomic E-state index is -0.202. The molecule has 0 spiro atoms. The summed E-state index contributed by atoms with van der Waals surface area (Å²) < 4.78 is 4.99. The molecule has 1 aromatic carbocycles. The second-order valence-electron chi connectivity index (χ2n) is 5.09. The quantitative estimate of drug-likeness (QED) is 0.886. The molecule has 0 aromatic heterocycles. The molecular weight excluding hydrogens is 240 g/mol. The van der Waals surface area contributed by atoms with Crippen LogP contribution in [0.25, 0.3) is 0 Å². The molecule has 1 saturated heterocycles. The van der Waals surface area contributed by atoms with E-state index in [1.54, 1.807) is 4.90 Å². The summed E-state index contributed by atoms with van der Waals surface area (Å²) in [6.45, 7) is 9.01. The smallest absolute Gasteiger partial charge is 0.410 e. The van der Waals surface area contributed by atoms with Gasteiger partial charge in [-0.2, -0.15) is 0 Å². The summed E-state index contributed by atoms with van der Waals surface area (Å²) in [7, 11) is 0. The molecule has 1 heterocycles. The minimum absolute atomic E-state index is 0.161. The molecule has 1 N–H and O–H groups in total. The fourth-order valence-corrected chi connectivity index (χ4v) is 2.56. The maximum atomic E-state index is 11.6. The zero-order valence-electron chi connectivity index (χ0n) is 11.9. The highest BCUT2D eigenvalue weighted by molar-refractivity contribution is 5.69. The van der Waals surface area contributed by atoms with Crippen LogP contribution in [0.1, 0.15) is 29.7 Å². The number of hydrogen-bond acceptors (Lipinski definition) is 3. The predicted molar refractivity (Wildman–Crippen MR) is 75.3 cm³/mol. The summed E-state index contributed by atoms with van der Waals surface area (Å²) in [4.78, 5) is 13.3. The van der Waals surface area contributed by atoms with E-state index < -0.39 is 0 Å². The van der Waals surface area contributed by atoms with Gasteiger partial charge in [-0.15, -0.1) is 0 Å². The van der Waals surface area contributed by atoms with Crippen molar-refractivity contribution in [3.63, 3.8) is 0 Å². The van der Waals surface area contributed by atoms with E-state index in [9.17, 15) is 4.79 Å². The van der Waals surface area contributed by atoms with Gasteiger partial charge in [-0.05, 0) is 26.0 Å². The van der Waals surface area contributed by atoms with Crippen LogP contribution in [-0.4, -0.2) is 37.2 Å². The molecular formula is C15H22N2O2. The average Bonchev–Trinajstić information content (AvgIpc) is 2.73. The lowest BCUT2D eigenvalue weighted by atomic mass is 10.0. The highest BCUT2D eigenvalue weighted by Gasteiger charge is 2.25. The van der Waals surface area contributed by atoms with Crippen LogP contribution in [0.5, 0.6) is 0 Å². The maximum absolute atomic E-state index is 11.6. The Labute approximate surface area is 114 Å². The molecule has 1 aliphatic heterocycles. The summed E-state index contributed by atoms with van der Waals surface area (Å²) in [6.07, 6.45) is -0.202. The maximum Gasteiger partial charge on any atom is 0.410 e. The lowest BCUT2D eigenvalue weighted by molar-refractivity contribution is 0.156. The lowest BCUT2D eigenvalue weighted by Crippen LogP contribution is -2.35. The Bertz CT molecular complexity index is 439. The average molecular weight is 262 g/mol. The van der Waals surface area contributed by atoms with Crippen molar-refractivity contribution >= 4 is 6.09 Å². The second-order valence-corrected chi connectivity index (χ2v) is 5.09. The van der Waals surface area contributed by atoms with E-state index >= 15 is 0 Å². The molecule has 4 nitrogen and oxygen atoms in total. The van der Waals surface area contributed by atoms with Crippen LogP contribution in [0.15, 0.2) is 18.2 Å². The molecule has 2 rings (SSSR count). The Morgan fingerprint density at radius 3 is 2.53 bits per heavy atom. The molecule has 1 aromatic rings. The highest BCUT2D eigenvalue weighted by atomic mass is 16.6. The summed E-state index contributed by atoms with van der Waals surface area (Å²) in [5.41, 5.74) is 3.74. The van der Waals surface area contributed by atoms with Gasteiger partial charge in [0.1, 0.15) is 6.61 Å². The SMILES string of the molecule is CCNC(CN1CCOC1=O)c1cc(C)cc(C)c1. The van der Waals surface area contributed by atoms with Crippen LogP contribution in [-0.2, 0) is 4.74 Å². The van der Waals surface area contributed by atoms with Crippen LogP contribution >= 0.6 is 0 Å². The monoisotopic (exact) mass is 262 g/mol. The topological polar surface area (TPSA) is 41.6 Å². The number of hydrogen-bond donors (Lipinski definition) is 1. The van der Waals surface area contributed by atoms with Crippen molar-refractivity contribution in [2.24, 2.45) is 0 Å². The van der Waals surface area contributed by atoms with Crippen LogP contribution in [0.2, 0.25) is 0 Å². The Balaban J connectivity index is 2.16. The van der Waals surface area contributed by atoms with Crippen LogP contribution in [0.3, 0.4) is 0 Å². The molecule has 19 heavy (non-hydrogen) atoms. The van der Waals surface area contributed by atoms with Crippen molar-refractivity contribution in [2.45, 2.75) is 26.8 Å². The van der Waals surface area contributed by atoms with Crippen LogP contribution in [0, 0.1) is 13.8 Å². The summed E-state index contributed by atoms with van der Waals surface area (Å²) in [5, 5.41) is 3.45. The molecule has 104 valence electrons. The molecule has 1 fully saturated rings. The van der Waals surface area contributed by atoms with Crippen molar-refractivity contribution in [3.05, 3.63) is 34.9 Å². The molecule has 1 aliphatic rings. The van der Waals surface area contributed by atoms with Crippen molar-refractivity contribution in [2.75, 3.05) is 26.2 Å². The standard InChI is InChI=1S/C15H22N2O2/c1-4-16-14(10-17-5-6-19-15(17)18)13-8-11(2)7-12(3)9-13/h7-9,14,16H,4-6,10H2,1-3H3. The first-order chi connectivity index (χ1) is 9.10. The van der Waals surface area contributed by atoms with E-state index in [0.29, 0.717) is 19.7 Å². The zero-order chi connectivity index (χ0) is 13.8. The number of cyclic esters (lactones) is 1. The van der Waals surface area contributed by atoms with Crippen molar-refractivity contribution in [1.82, 2.24) is 10.2 Å². The molecule has 0 saturated carbocycles. The first kappa shape index (κ1) is 13.9. The van der Waals surface area contributed by atoms with E-state index in [0.717, 1.165) is 6.54 Å². The highest BCUT2D eigenvalue weighted by Crippen LogP contribution is 2.19. The van der Waals surface area contributed by atoms with E-state index in [1.807, 2.05) is 0 Å². The van der Waals surface area contributed by atoms with Gasteiger partial charge in [0.2, 0.25) is 0 Å². The van der Waals surface area contributed by atoms with Gasteiger partial charge >= 0.3 is 6.09 Å². The Hall–Kier alpha value is -1.55. The third kappa shape index (κ3) is 3.47. The predicted octanol–water partition coefficient (Wildman–Crippen LogP) is 2.41. The van der Waals surface area contributed by atoms with Gasteiger partial charge in [-0.1, -0.05) is 36.2 Å². The molecule has 0 aliphatic carbocycles. The van der Waals surface area contributed by atoms with Gasteiger partial charge in [0.15, 0.2) is 0 Å². The number of aryl methyl sites for hydroxylation is 2. The van der Waals surface area contributed by atoms with Gasteiger partial charge in [-0.25, -0.2) is 4.79 Å².